The molecule has 1 aliphatic heterocycles. The Labute approximate surface area is 116 Å². The summed E-state index contributed by atoms with van der Waals surface area (Å²) in [5, 5.41) is 9.81. The number of aliphatic hydroxyl groups excluding tert-OH is 1. The summed E-state index contributed by atoms with van der Waals surface area (Å²) in [5.74, 6) is 0. The standard InChI is InChI=1S/C16H26N2O/c1-4-16(19)13-5-7-15(8-6-13)18-11-9-14(10-12-18)17(2)3/h5-8,14,16,19H,4,9-12H2,1-3H3/t16-/m1/s1. The van der Waals surface area contributed by atoms with Gasteiger partial charge in [0.2, 0.25) is 0 Å². The monoisotopic (exact) mass is 262 g/mol. The van der Waals surface area contributed by atoms with Crippen LogP contribution in [0.3, 0.4) is 0 Å². The van der Waals surface area contributed by atoms with E-state index in [1.165, 1.54) is 18.5 Å². The Hall–Kier alpha value is -1.06. The van der Waals surface area contributed by atoms with Gasteiger partial charge >= 0.3 is 0 Å². The zero-order chi connectivity index (χ0) is 13.8. The van der Waals surface area contributed by atoms with Crippen LogP contribution >= 0.6 is 0 Å². The van der Waals surface area contributed by atoms with Gasteiger partial charge in [0.05, 0.1) is 6.10 Å². The maximum Gasteiger partial charge on any atom is 0.0787 e. The maximum absolute atomic E-state index is 9.81. The molecule has 1 fully saturated rings. The molecule has 0 aromatic heterocycles. The maximum atomic E-state index is 9.81. The Morgan fingerprint density at radius 3 is 2.26 bits per heavy atom. The fourth-order valence-corrected chi connectivity index (χ4v) is 2.78. The normalized spacial score (nSPS) is 18.9. The van der Waals surface area contributed by atoms with Crippen LogP contribution in [0.4, 0.5) is 5.69 Å². The smallest absolute Gasteiger partial charge is 0.0787 e. The summed E-state index contributed by atoms with van der Waals surface area (Å²) >= 11 is 0. The molecule has 19 heavy (non-hydrogen) atoms. The minimum Gasteiger partial charge on any atom is -0.388 e. The lowest BCUT2D eigenvalue weighted by Crippen LogP contribution is -2.41. The first-order chi connectivity index (χ1) is 9.11. The van der Waals surface area contributed by atoms with Crippen molar-refractivity contribution < 1.29 is 5.11 Å². The first-order valence-corrected chi connectivity index (χ1v) is 7.31. The third-order valence-electron chi connectivity index (χ3n) is 4.22. The highest BCUT2D eigenvalue weighted by Gasteiger charge is 2.20. The van der Waals surface area contributed by atoms with Crippen LogP contribution in [0.15, 0.2) is 24.3 Å². The van der Waals surface area contributed by atoms with E-state index in [4.69, 9.17) is 0 Å². The van der Waals surface area contributed by atoms with Crippen LogP contribution in [0.25, 0.3) is 0 Å². The molecule has 0 spiro atoms. The summed E-state index contributed by atoms with van der Waals surface area (Å²) in [6, 6.07) is 9.12. The summed E-state index contributed by atoms with van der Waals surface area (Å²) < 4.78 is 0. The summed E-state index contributed by atoms with van der Waals surface area (Å²) in [5.41, 5.74) is 2.30. The van der Waals surface area contributed by atoms with Gasteiger partial charge in [-0.15, -0.1) is 0 Å². The van der Waals surface area contributed by atoms with Gasteiger partial charge in [-0.05, 0) is 51.1 Å². The molecule has 106 valence electrons. The average molecular weight is 262 g/mol. The van der Waals surface area contributed by atoms with E-state index >= 15 is 0 Å². The quantitative estimate of drug-likeness (QED) is 0.903. The highest BCUT2D eigenvalue weighted by atomic mass is 16.3. The first kappa shape index (κ1) is 14.4. The van der Waals surface area contributed by atoms with E-state index < -0.39 is 0 Å². The van der Waals surface area contributed by atoms with Gasteiger partial charge in [0, 0.05) is 24.8 Å². The highest BCUT2D eigenvalue weighted by Crippen LogP contribution is 2.24. The number of aliphatic hydroxyl groups is 1. The van der Waals surface area contributed by atoms with E-state index in [0.29, 0.717) is 0 Å². The van der Waals surface area contributed by atoms with Gasteiger partial charge in [0.1, 0.15) is 0 Å². The van der Waals surface area contributed by atoms with Crippen LogP contribution in [0.1, 0.15) is 37.9 Å². The van der Waals surface area contributed by atoms with Crippen molar-refractivity contribution >= 4 is 5.69 Å². The molecule has 1 heterocycles. The lowest BCUT2D eigenvalue weighted by atomic mass is 10.0. The van der Waals surface area contributed by atoms with Crippen LogP contribution in [0.2, 0.25) is 0 Å². The summed E-state index contributed by atoms with van der Waals surface area (Å²) in [4.78, 5) is 4.78. The van der Waals surface area contributed by atoms with Crippen molar-refractivity contribution in [2.45, 2.75) is 38.3 Å². The van der Waals surface area contributed by atoms with Crippen LogP contribution in [0, 0.1) is 0 Å². The van der Waals surface area contributed by atoms with Crippen molar-refractivity contribution in [3.63, 3.8) is 0 Å². The van der Waals surface area contributed by atoms with E-state index in [1.807, 2.05) is 6.92 Å². The number of piperidine rings is 1. The largest absolute Gasteiger partial charge is 0.388 e. The lowest BCUT2D eigenvalue weighted by Gasteiger charge is -2.36. The van der Waals surface area contributed by atoms with Crippen molar-refractivity contribution in [3.05, 3.63) is 29.8 Å². The fraction of sp³-hybridized carbons (Fsp3) is 0.625. The molecule has 1 aliphatic rings. The first-order valence-electron chi connectivity index (χ1n) is 7.31. The molecule has 1 atom stereocenters. The molecule has 0 aliphatic carbocycles. The van der Waals surface area contributed by atoms with Crippen molar-refractivity contribution in [3.8, 4) is 0 Å². The van der Waals surface area contributed by atoms with Crippen LogP contribution in [0.5, 0.6) is 0 Å². The predicted octanol–water partition coefficient (Wildman–Crippen LogP) is 2.66. The molecule has 1 saturated heterocycles. The molecule has 1 N–H and O–H groups in total. The molecule has 0 saturated carbocycles. The molecule has 0 bridgehead atoms. The van der Waals surface area contributed by atoms with Gasteiger partial charge in [0.15, 0.2) is 0 Å². The Balaban J connectivity index is 1.96. The lowest BCUT2D eigenvalue weighted by molar-refractivity contribution is 0.173. The van der Waals surface area contributed by atoms with Gasteiger partial charge in [-0.3, -0.25) is 0 Å². The molecular weight excluding hydrogens is 236 g/mol. The third-order valence-corrected chi connectivity index (χ3v) is 4.22. The number of hydrogen-bond acceptors (Lipinski definition) is 3. The summed E-state index contributed by atoms with van der Waals surface area (Å²) in [7, 11) is 4.34. The molecule has 0 radical (unpaired) electrons. The van der Waals surface area contributed by atoms with Crippen LogP contribution in [-0.2, 0) is 0 Å². The number of anilines is 1. The molecule has 0 amide bonds. The average Bonchev–Trinajstić information content (AvgIpc) is 2.46. The minimum atomic E-state index is -0.325. The summed E-state index contributed by atoms with van der Waals surface area (Å²) in [6.07, 6.45) is 2.90. The number of benzene rings is 1. The molecule has 3 nitrogen and oxygen atoms in total. The Bertz CT molecular complexity index is 380. The second-order valence-corrected chi connectivity index (χ2v) is 5.70. The van der Waals surface area contributed by atoms with Crippen molar-refractivity contribution in [2.75, 3.05) is 32.1 Å². The number of rotatable bonds is 4. The van der Waals surface area contributed by atoms with Crippen LogP contribution < -0.4 is 4.90 Å². The molecule has 3 heteroatoms. The van der Waals surface area contributed by atoms with Crippen molar-refractivity contribution in [1.82, 2.24) is 4.90 Å². The van der Waals surface area contributed by atoms with Gasteiger partial charge < -0.3 is 14.9 Å². The highest BCUT2D eigenvalue weighted by molar-refractivity contribution is 5.48. The van der Waals surface area contributed by atoms with E-state index in [2.05, 4.69) is 48.2 Å². The van der Waals surface area contributed by atoms with Crippen LogP contribution in [-0.4, -0.2) is 43.2 Å². The van der Waals surface area contributed by atoms with E-state index in [0.717, 1.165) is 31.1 Å². The Morgan fingerprint density at radius 1 is 1.21 bits per heavy atom. The van der Waals surface area contributed by atoms with Gasteiger partial charge in [0.25, 0.3) is 0 Å². The zero-order valence-corrected chi connectivity index (χ0v) is 12.3. The topological polar surface area (TPSA) is 26.7 Å². The second kappa shape index (κ2) is 6.40. The minimum absolute atomic E-state index is 0.325. The Morgan fingerprint density at radius 2 is 1.79 bits per heavy atom. The zero-order valence-electron chi connectivity index (χ0n) is 12.3. The second-order valence-electron chi connectivity index (χ2n) is 5.70. The number of hydrogen-bond donors (Lipinski definition) is 1. The molecular formula is C16H26N2O. The predicted molar refractivity (Wildman–Crippen MR) is 80.6 cm³/mol. The third kappa shape index (κ3) is 3.48. The molecule has 1 aromatic rings. The molecule has 0 unspecified atom stereocenters. The van der Waals surface area contributed by atoms with Gasteiger partial charge in [-0.2, -0.15) is 0 Å². The van der Waals surface area contributed by atoms with E-state index in [9.17, 15) is 5.11 Å². The van der Waals surface area contributed by atoms with Gasteiger partial charge in [-0.1, -0.05) is 19.1 Å². The molecule has 1 aromatic carbocycles. The summed E-state index contributed by atoms with van der Waals surface area (Å²) in [6.45, 7) is 4.25. The van der Waals surface area contributed by atoms with E-state index in [-0.39, 0.29) is 6.10 Å². The SMILES string of the molecule is CC[C@@H](O)c1ccc(N2CCC(N(C)C)CC2)cc1. The van der Waals surface area contributed by atoms with Crippen molar-refractivity contribution in [1.29, 1.82) is 0 Å². The van der Waals surface area contributed by atoms with Gasteiger partial charge in [-0.25, -0.2) is 0 Å². The van der Waals surface area contributed by atoms with Crippen molar-refractivity contribution in [2.24, 2.45) is 0 Å². The number of nitrogens with zero attached hydrogens (tertiary/aromatic N) is 2. The molecule has 2 rings (SSSR count). The fourth-order valence-electron chi connectivity index (χ4n) is 2.78. The van der Waals surface area contributed by atoms with E-state index in [1.54, 1.807) is 0 Å². The Kier molecular flexibility index (Phi) is 4.83.